The van der Waals surface area contributed by atoms with E-state index in [1.807, 2.05) is 36.4 Å². The highest BCUT2D eigenvalue weighted by molar-refractivity contribution is 6.00. The Morgan fingerprint density at radius 3 is 2.58 bits per heavy atom. The Morgan fingerprint density at radius 1 is 1.12 bits per heavy atom. The first kappa shape index (κ1) is 16.5. The fourth-order valence-corrected chi connectivity index (χ4v) is 3.12. The minimum absolute atomic E-state index is 0.263. The van der Waals surface area contributed by atoms with Crippen LogP contribution in [0.4, 0.5) is 16.2 Å². The Balaban J connectivity index is 1.69. The molecular weight excluding hydrogens is 300 g/mol. The minimum Gasteiger partial charge on any atom is -0.393 e. The molecule has 3 N–H and O–H groups in total. The van der Waals surface area contributed by atoms with Crippen LogP contribution in [-0.2, 0) is 12.8 Å². The zero-order valence-electron chi connectivity index (χ0n) is 14.2. The molecule has 3 rings (SSSR count). The summed E-state index contributed by atoms with van der Waals surface area (Å²) in [5.41, 5.74) is 5.04. The van der Waals surface area contributed by atoms with Crippen LogP contribution in [0.15, 0.2) is 42.5 Å². The number of amides is 2. The largest absolute Gasteiger partial charge is 0.393 e. The van der Waals surface area contributed by atoms with Crippen LogP contribution in [0.1, 0.15) is 42.9 Å². The number of nitrogens with one attached hydrogen (secondary N) is 2. The molecule has 2 aromatic carbocycles. The van der Waals surface area contributed by atoms with E-state index in [1.165, 1.54) is 11.1 Å². The van der Waals surface area contributed by atoms with Crippen LogP contribution in [-0.4, -0.2) is 17.2 Å². The predicted octanol–water partition coefficient (Wildman–Crippen LogP) is 4.30. The van der Waals surface area contributed by atoms with Crippen molar-refractivity contribution in [2.45, 2.75) is 45.1 Å². The molecule has 0 radical (unpaired) electrons. The number of aliphatic hydroxyl groups is 1. The summed E-state index contributed by atoms with van der Waals surface area (Å²) in [6.45, 7) is 4.28. The van der Waals surface area contributed by atoms with Gasteiger partial charge in [-0.15, -0.1) is 0 Å². The van der Waals surface area contributed by atoms with Crippen LogP contribution < -0.4 is 10.6 Å². The van der Waals surface area contributed by atoms with Crippen molar-refractivity contribution in [3.8, 4) is 0 Å². The van der Waals surface area contributed by atoms with Crippen LogP contribution >= 0.6 is 0 Å². The third kappa shape index (κ3) is 3.77. The Hall–Kier alpha value is -2.33. The summed E-state index contributed by atoms with van der Waals surface area (Å²) in [4.78, 5) is 12.3. The van der Waals surface area contributed by atoms with Crippen molar-refractivity contribution >= 4 is 17.4 Å². The Labute approximate surface area is 142 Å². The van der Waals surface area contributed by atoms with E-state index in [0.717, 1.165) is 29.8 Å². The summed E-state index contributed by atoms with van der Waals surface area (Å²) in [5.74, 6) is 0.468. The van der Waals surface area contributed by atoms with Crippen LogP contribution in [0.5, 0.6) is 0 Å². The fourth-order valence-electron chi connectivity index (χ4n) is 3.12. The van der Waals surface area contributed by atoms with Gasteiger partial charge in [0, 0.05) is 17.8 Å². The quantitative estimate of drug-likeness (QED) is 0.788. The van der Waals surface area contributed by atoms with E-state index in [-0.39, 0.29) is 12.1 Å². The first-order valence-electron chi connectivity index (χ1n) is 8.49. The molecule has 0 aromatic heterocycles. The van der Waals surface area contributed by atoms with Crippen LogP contribution in [0.25, 0.3) is 0 Å². The van der Waals surface area contributed by atoms with E-state index >= 15 is 0 Å². The molecular formula is C20H24N2O2. The van der Waals surface area contributed by atoms with E-state index in [9.17, 15) is 9.90 Å². The monoisotopic (exact) mass is 324 g/mol. The molecule has 1 aliphatic carbocycles. The van der Waals surface area contributed by atoms with Crippen molar-refractivity contribution in [1.29, 1.82) is 0 Å². The van der Waals surface area contributed by atoms with Gasteiger partial charge >= 0.3 is 6.03 Å². The molecule has 0 bridgehead atoms. The van der Waals surface area contributed by atoms with Gasteiger partial charge in [-0.25, -0.2) is 4.79 Å². The number of carbonyl (C=O) groups is 1. The molecule has 0 saturated carbocycles. The van der Waals surface area contributed by atoms with Gasteiger partial charge in [-0.1, -0.05) is 38.1 Å². The molecule has 24 heavy (non-hydrogen) atoms. The number of carbonyl (C=O) groups excluding carboxylic acids is 1. The molecule has 1 aliphatic rings. The van der Waals surface area contributed by atoms with E-state index < -0.39 is 0 Å². The molecule has 4 nitrogen and oxygen atoms in total. The summed E-state index contributed by atoms with van der Waals surface area (Å²) in [5, 5.41) is 15.7. The number of aliphatic hydroxyl groups excluding tert-OH is 1. The molecule has 2 amide bonds. The van der Waals surface area contributed by atoms with E-state index in [2.05, 4.69) is 30.5 Å². The van der Waals surface area contributed by atoms with Gasteiger partial charge in [-0.2, -0.15) is 0 Å². The number of hydrogen-bond acceptors (Lipinski definition) is 2. The lowest BCUT2D eigenvalue weighted by Crippen LogP contribution is -2.24. The number of anilines is 2. The summed E-state index contributed by atoms with van der Waals surface area (Å²) in [6, 6.07) is 13.5. The summed E-state index contributed by atoms with van der Waals surface area (Å²) >= 11 is 0. The molecule has 4 heteroatoms. The van der Waals surface area contributed by atoms with Gasteiger partial charge < -0.3 is 15.7 Å². The van der Waals surface area contributed by atoms with Gasteiger partial charge in [-0.3, -0.25) is 0 Å². The number of urea groups is 1. The molecule has 2 aromatic rings. The average molecular weight is 324 g/mol. The third-order valence-corrected chi connectivity index (χ3v) is 4.54. The molecule has 0 fully saturated rings. The van der Waals surface area contributed by atoms with Gasteiger partial charge in [0.15, 0.2) is 0 Å². The van der Waals surface area contributed by atoms with E-state index in [0.29, 0.717) is 12.3 Å². The maximum absolute atomic E-state index is 12.3. The van der Waals surface area contributed by atoms with Gasteiger partial charge in [0.05, 0.1) is 6.10 Å². The number of aryl methyl sites for hydroxylation is 1. The maximum atomic E-state index is 12.3. The number of benzene rings is 2. The lowest BCUT2D eigenvalue weighted by Gasteiger charge is -2.23. The number of fused-ring (bicyclic) bond motifs is 1. The van der Waals surface area contributed by atoms with Crippen molar-refractivity contribution in [3.05, 3.63) is 59.2 Å². The second kappa shape index (κ2) is 7.05. The first-order chi connectivity index (χ1) is 11.5. The van der Waals surface area contributed by atoms with E-state index in [1.54, 1.807) is 0 Å². The zero-order valence-corrected chi connectivity index (χ0v) is 14.2. The molecule has 0 saturated heterocycles. The Morgan fingerprint density at radius 2 is 1.88 bits per heavy atom. The summed E-state index contributed by atoms with van der Waals surface area (Å²) in [7, 11) is 0. The predicted molar refractivity (Wildman–Crippen MR) is 97.6 cm³/mol. The van der Waals surface area contributed by atoms with Crippen molar-refractivity contribution in [2.24, 2.45) is 0 Å². The van der Waals surface area contributed by atoms with Crippen molar-refractivity contribution < 1.29 is 9.90 Å². The van der Waals surface area contributed by atoms with Crippen molar-refractivity contribution in [3.63, 3.8) is 0 Å². The summed E-state index contributed by atoms with van der Waals surface area (Å²) < 4.78 is 0. The topological polar surface area (TPSA) is 61.4 Å². The van der Waals surface area contributed by atoms with Gasteiger partial charge in [0.2, 0.25) is 0 Å². The molecule has 0 heterocycles. The number of rotatable bonds is 3. The fraction of sp³-hybridized carbons (Fsp3) is 0.350. The van der Waals surface area contributed by atoms with Crippen LogP contribution in [0, 0.1) is 0 Å². The second-order valence-electron chi connectivity index (χ2n) is 6.70. The molecule has 1 unspecified atom stereocenters. The highest BCUT2D eigenvalue weighted by Gasteiger charge is 2.19. The van der Waals surface area contributed by atoms with Gasteiger partial charge in [0.1, 0.15) is 0 Å². The smallest absolute Gasteiger partial charge is 0.323 e. The van der Waals surface area contributed by atoms with Gasteiger partial charge in [-0.05, 0) is 53.6 Å². The minimum atomic E-state index is -0.327. The van der Waals surface area contributed by atoms with Crippen LogP contribution in [0.2, 0.25) is 0 Å². The third-order valence-electron chi connectivity index (χ3n) is 4.54. The highest BCUT2D eigenvalue weighted by atomic mass is 16.3. The molecule has 126 valence electrons. The zero-order chi connectivity index (χ0) is 17.1. The average Bonchev–Trinajstić information content (AvgIpc) is 2.56. The SMILES string of the molecule is CC(C)c1ccc(NC(=O)Nc2cccc3c2CC(O)CC3)cc1. The molecule has 0 aliphatic heterocycles. The second-order valence-corrected chi connectivity index (χ2v) is 6.70. The molecule has 0 spiro atoms. The first-order valence-corrected chi connectivity index (χ1v) is 8.49. The number of hydrogen-bond donors (Lipinski definition) is 3. The standard InChI is InChI=1S/C20H24N2O2/c1-13(2)14-6-9-16(10-7-14)21-20(24)22-19-5-3-4-15-8-11-17(23)12-18(15)19/h3-7,9-10,13,17,23H,8,11-12H2,1-2H3,(H2,21,22,24). The Bertz CT molecular complexity index is 723. The maximum Gasteiger partial charge on any atom is 0.323 e. The normalized spacial score (nSPS) is 16.6. The Kier molecular flexibility index (Phi) is 4.86. The lowest BCUT2D eigenvalue weighted by molar-refractivity contribution is 0.159. The lowest BCUT2D eigenvalue weighted by atomic mass is 9.88. The summed E-state index contributed by atoms with van der Waals surface area (Å²) in [6.07, 6.45) is 1.90. The van der Waals surface area contributed by atoms with Crippen LogP contribution in [0.3, 0.4) is 0 Å². The van der Waals surface area contributed by atoms with Gasteiger partial charge in [0.25, 0.3) is 0 Å². The van der Waals surface area contributed by atoms with Crippen molar-refractivity contribution in [1.82, 2.24) is 0 Å². The van der Waals surface area contributed by atoms with Crippen molar-refractivity contribution in [2.75, 3.05) is 10.6 Å². The molecule has 1 atom stereocenters. The highest BCUT2D eigenvalue weighted by Crippen LogP contribution is 2.28. The van der Waals surface area contributed by atoms with E-state index in [4.69, 9.17) is 0 Å².